The van der Waals surface area contributed by atoms with Gasteiger partial charge in [0, 0.05) is 5.02 Å². The number of anilines is 1. The van der Waals surface area contributed by atoms with Crippen LogP contribution in [0.3, 0.4) is 0 Å². The minimum atomic E-state index is -0.542. The van der Waals surface area contributed by atoms with Crippen LogP contribution in [0, 0.1) is 12.7 Å². The number of aryl methyl sites for hydroxylation is 1. The number of amides is 1. The van der Waals surface area contributed by atoms with Crippen LogP contribution in [-0.2, 0) is 0 Å². The van der Waals surface area contributed by atoms with Crippen LogP contribution in [0.15, 0.2) is 36.4 Å². The SMILES string of the molecule is CCOc1ccc(Cl)cc1NC(=O)c1cccc(C)c1F. The summed E-state index contributed by atoms with van der Waals surface area (Å²) in [5.74, 6) is -0.585. The molecule has 0 atom stereocenters. The summed E-state index contributed by atoms with van der Waals surface area (Å²) in [6, 6.07) is 9.57. The fourth-order valence-corrected chi connectivity index (χ4v) is 2.07. The van der Waals surface area contributed by atoms with E-state index < -0.39 is 11.7 Å². The monoisotopic (exact) mass is 307 g/mol. The lowest BCUT2D eigenvalue weighted by Crippen LogP contribution is -2.15. The Balaban J connectivity index is 2.31. The largest absolute Gasteiger partial charge is 0.492 e. The number of nitrogens with one attached hydrogen (secondary N) is 1. The van der Waals surface area contributed by atoms with Crippen molar-refractivity contribution in [3.8, 4) is 5.75 Å². The number of rotatable bonds is 4. The van der Waals surface area contributed by atoms with Gasteiger partial charge in [0.15, 0.2) is 0 Å². The van der Waals surface area contributed by atoms with Gasteiger partial charge in [-0.3, -0.25) is 4.79 Å². The minimum absolute atomic E-state index is 0.0163. The molecule has 0 heterocycles. The van der Waals surface area contributed by atoms with E-state index in [0.717, 1.165) is 0 Å². The van der Waals surface area contributed by atoms with Gasteiger partial charge in [0.2, 0.25) is 0 Å². The van der Waals surface area contributed by atoms with Gasteiger partial charge in [0.05, 0.1) is 17.9 Å². The Morgan fingerprint density at radius 3 is 2.81 bits per heavy atom. The van der Waals surface area contributed by atoms with Crippen LogP contribution < -0.4 is 10.1 Å². The number of halogens is 2. The van der Waals surface area contributed by atoms with E-state index in [1.165, 1.54) is 6.07 Å². The highest BCUT2D eigenvalue weighted by Gasteiger charge is 2.15. The fourth-order valence-electron chi connectivity index (χ4n) is 1.89. The normalized spacial score (nSPS) is 10.3. The van der Waals surface area contributed by atoms with Crippen molar-refractivity contribution in [1.82, 2.24) is 0 Å². The number of benzene rings is 2. The summed E-state index contributed by atoms with van der Waals surface area (Å²) in [6.07, 6.45) is 0. The molecule has 110 valence electrons. The lowest BCUT2D eigenvalue weighted by molar-refractivity contribution is 0.102. The molecule has 0 aliphatic carbocycles. The van der Waals surface area contributed by atoms with Crippen LogP contribution in [-0.4, -0.2) is 12.5 Å². The molecule has 0 aromatic heterocycles. The van der Waals surface area contributed by atoms with Crippen molar-refractivity contribution in [2.75, 3.05) is 11.9 Å². The van der Waals surface area contributed by atoms with E-state index in [-0.39, 0.29) is 5.56 Å². The number of ether oxygens (including phenoxy) is 1. The van der Waals surface area contributed by atoms with Crippen molar-refractivity contribution in [3.05, 3.63) is 58.4 Å². The van der Waals surface area contributed by atoms with Gasteiger partial charge in [0.25, 0.3) is 5.91 Å². The highest BCUT2D eigenvalue weighted by atomic mass is 35.5. The van der Waals surface area contributed by atoms with Crippen molar-refractivity contribution in [2.45, 2.75) is 13.8 Å². The third-order valence-electron chi connectivity index (χ3n) is 2.93. The zero-order chi connectivity index (χ0) is 15.4. The molecule has 0 saturated carbocycles. The van der Waals surface area contributed by atoms with Crippen molar-refractivity contribution >= 4 is 23.2 Å². The minimum Gasteiger partial charge on any atom is -0.492 e. The number of carbonyl (C=O) groups is 1. The standard InChI is InChI=1S/C16H15ClFNO2/c1-3-21-14-8-7-11(17)9-13(14)19-16(20)12-6-4-5-10(2)15(12)18/h4-9H,3H2,1-2H3,(H,19,20). The molecule has 0 fully saturated rings. The van der Waals surface area contributed by atoms with Crippen LogP contribution in [0.2, 0.25) is 5.02 Å². The van der Waals surface area contributed by atoms with Crippen molar-refractivity contribution < 1.29 is 13.9 Å². The van der Waals surface area contributed by atoms with E-state index in [4.69, 9.17) is 16.3 Å². The van der Waals surface area contributed by atoms with Crippen LogP contribution in [0.4, 0.5) is 10.1 Å². The van der Waals surface area contributed by atoms with E-state index in [9.17, 15) is 9.18 Å². The van der Waals surface area contributed by atoms with E-state index in [2.05, 4.69) is 5.32 Å². The Morgan fingerprint density at radius 2 is 2.10 bits per heavy atom. The molecular weight excluding hydrogens is 293 g/mol. The molecule has 5 heteroatoms. The average molecular weight is 308 g/mol. The second kappa shape index (κ2) is 6.59. The number of hydrogen-bond acceptors (Lipinski definition) is 2. The Hall–Kier alpha value is -2.07. The lowest BCUT2D eigenvalue weighted by atomic mass is 10.1. The van der Waals surface area contributed by atoms with Crippen LogP contribution in [0.5, 0.6) is 5.75 Å². The summed E-state index contributed by atoms with van der Waals surface area (Å²) in [4.78, 5) is 12.2. The van der Waals surface area contributed by atoms with Gasteiger partial charge in [-0.15, -0.1) is 0 Å². The maximum atomic E-state index is 14.0. The van der Waals surface area contributed by atoms with E-state index in [1.807, 2.05) is 6.92 Å². The van der Waals surface area contributed by atoms with Crippen LogP contribution >= 0.6 is 11.6 Å². The highest BCUT2D eigenvalue weighted by molar-refractivity contribution is 6.31. The first-order chi connectivity index (χ1) is 10.0. The molecule has 0 spiro atoms. The fraction of sp³-hybridized carbons (Fsp3) is 0.188. The predicted molar refractivity (Wildman–Crippen MR) is 81.7 cm³/mol. The molecule has 0 radical (unpaired) electrons. The zero-order valence-corrected chi connectivity index (χ0v) is 12.5. The Bertz CT molecular complexity index is 673. The second-order valence-corrected chi connectivity index (χ2v) is 4.90. The molecular formula is C16H15ClFNO2. The molecule has 0 aliphatic rings. The summed E-state index contributed by atoms with van der Waals surface area (Å²) in [6.45, 7) is 3.89. The molecule has 2 rings (SSSR count). The van der Waals surface area contributed by atoms with Gasteiger partial charge >= 0.3 is 0 Å². The van der Waals surface area contributed by atoms with Gasteiger partial charge in [-0.1, -0.05) is 23.7 Å². The quantitative estimate of drug-likeness (QED) is 0.907. The van der Waals surface area contributed by atoms with E-state index >= 15 is 0 Å². The molecule has 2 aromatic rings. The average Bonchev–Trinajstić information content (AvgIpc) is 2.45. The summed E-state index contributed by atoms with van der Waals surface area (Å²) < 4.78 is 19.4. The molecule has 0 aliphatic heterocycles. The highest BCUT2D eigenvalue weighted by Crippen LogP contribution is 2.28. The molecule has 0 unspecified atom stereocenters. The topological polar surface area (TPSA) is 38.3 Å². The second-order valence-electron chi connectivity index (χ2n) is 4.46. The maximum Gasteiger partial charge on any atom is 0.258 e. The van der Waals surface area contributed by atoms with Gasteiger partial charge in [-0.25, -0.2) is 4.39 Å². The lowest BCUT2D eigenvalue weighted by Gasteiger charge is -2.12. The first-order valence-electron chi connectivity index (χ1n) is 6.51. The molecule has 1 N–H and O–H groups in total. The third kappa shape index (κ3) is 3.52. The van der Waals surface area contributed by atoms with Crippen molar-refractivity contribution in [3.63, 3.8) is 0 Å². The maximum absolute atomic E-state index is 14.0. The van der Waals surface area contributed by atoms with Gasteiger partial charge in [-0.05, 0) is 43.7 Å². The van der Waals surface area contributed by atoms with Crippen molar-refractivity contribution in [1.29, 1.82) is 0 Å². The molecule has 0 saturated heterocycles. The molecule has 1 amide bonds. The molecule has 2 aromatic carbocycles. The number of hydrogen-bond donors (Lipinski definition) is 1. The van der Waals surface area contributed by atoms with Gasteiger partial charge in [-0.2, -0.15) is 0 Å². The van der Waals surface area contributed by atoms with Gasteiger partial charge in [0.1, 0.15) is 11.6 Å². The van der Waals surface area contributed by atoms with Crippen molar-refractivity contribution in [2.24, 2.45) is 0 Å². The summed E-state index contributed by atoms with van der Waals surface area (Å²) in [5, 5.41) is 3.09. The molecule has 21 heavy (non-hydrogen) atoms. The molecule has 3 nitrogen and oxygen atoms in total. The van der Waals surface area contributed by atoms with Crippen LogP contribution in [0.1, 0.15) is 22.8 Å². The summed E-state index contributed by atoms with van der Waals surface area (Å²) in [5.41, 5.74) is 0.812. The smallest absolute Gasteiger partial charge is 0.258 e. The Morgan fingerprint density at radius 1 is 1.33 bits per heavy atom. The summed E-state index contributed by atoms with van der Waals surface area (Å²) >= 11 is 5.92. The number of carbonyl (C=O) groups excluding carboxylic acids is 1. The Kier molecular flexibility index (Phi) is 4.81. The summed E-state index contributed by atoms with van der Waals surface area (Å²) in [7, 11) is 0. The predicted octanol–water partition coefficient (Wildman–Crippen LogP) is 4.44. The van der Waals surface area contributed by atoms with E-state index in [1.54, 1.807) is 37.3 Å². The molecule has 0 bridgehead atoms. The first-order valence-corrected chi connectivity index (χ1v) is 6.89. The third-order valence-corrected chi connectivity index (χ3v) is 3.16. The zero-order valence-electron chi connectivity index (χ0n) is 11.7. The van der Waals surface area contributed by atoms with Gasteiger partial charge < -0.3 is 10.1 Å². The van der Waals surface area contributed by atoms with Crippen LogP contribution in [0.25, 0.3) is 0 Å². The van der Waals surface area contributed by atoms with E-state index in [0.29, 0.717) is 28.6 Å². The first kappa shape index (κ1) is 15.3. The Labute approximate surface area is 127 Å².